The number of carbonyl (C=O) groups is 1. The van der Waals surface area contributed by atoms with Gasteiger partial charge in [-0.25, -0.2) is 13.4 Å². The molecular formula is C17H26N4O3S2. The number of sulfone groups is 1. The van der Waals surface area contributed by atoms with Gasteiger partial charge in [0, 0.05) is 30.5 Å². The largest absolute Gasteiger partial charge is 0.356 e. The second kappa shape index (κ2) is 7.07. The highest BCUT2D eigenvalue weighted by molar-refractivity contribution is 7.91. The van der Waals surface area contributed by atoms with Crippen molar-refractivity contribution >= 4 is 32.4 Å². The fourth-order valence-electron chi connectivity index (χ4n) is 4.14. The number of rotatable bonds is 4. The highest BCUT2D eigenvalue weighted by Gasteiger charge is 2.44. The normalized spacial score (nSPS) is 31.6. The monoisotopic (exact) mass is 398 g/mol. The van der Waals surface area contributed by atoms with Crippen molar-refractivity contribution in [2.75, 3.05) is 29.9 Å². The summed E-state index contributed by atoms with van der Waals surface area (Å²) in [5, 5.41) is 3.86. The first-order chi connectivity index (χ1) is 12.4. The molecule has 3 heterocycles. The van der Waals surface area contributed by atoms with Crippen molar-refractivity contribution in [3.63, 3.8) is 0 Å². The summed E-state index contributed by atoms with van der Waals surface area (Å²) in [7, 11) is -3.22. The predicted octanol–water partition coefficient (Wildman–Crippen LogP) is 1.89. The van der Waals surface area contributed by atoms with Crippen LogP contribution in [0.25, 0.3) is 0 Å². The minimum Gasteiger partial charge on any atom is -0.356 e. The fourth-order valence-corrected chi connectivity index (χ4v) is 6.77. The van der Waals surface area contributed by atoms with E-state index in [0.29, 0.717) is 17.0 Å². The van der Waals surface area contributed by atoms with Gasteiger partial charge in [-0.2, -0.15) is 4.37 Å². The van der Waals surface area contributed by atoms with Crippen LogP contribution in [0.2, 0.25) is 0 Å². The molecule has 1 unspecified atom stereocenters. The van der Waals surface area contributed by atoms with Crippen molar-refractivity contribution in [2.24, 2.45) is 11.8 Å². The molecule has 3 atom stereocenters. The highest BCUT2D eigenvalue weighted by atomic mass is 32.2. The van der Waals surface area contributed by atoms with Gasteiger partial charge >= 0.3 is 0 Å². The topological polar surface area (TPSA) is 92.3 Å². The Balaban J connectivity index is 1.47. The average molecular weight is 399 g/mol. The molecule has 26 heavy (non-hydrogen) atoms. The number of amides is 1. The SMILES string of the molecule is CC1CCCN(C(=O)[C@@H]2CS(=O)(=O)C[C@H]2Nc2nc(C3CCC3)ns2)C1. The Hall–Kier alpha value is -1.22. The third-order valence-electron chi connectivity index (χ3n) is 5.86. The molecule has 1 aliphatic carbocycles. The molecule has 144 valence electrons. The molecule has 7 nitrogen and oxygen atoms in total. The molecular weight excluding hydrogens is 372 g/mol. The van der Waals surface area contributed by atoms with Gasteiger partial charge in [0.2, 0.25) is 11.0 Å². The summed E-state index contributed by atoms with van der Waals surface area (Å²) in [5.74, 6) is 1.15. The molecule has 1 N–H and O–H groups in total. The second-order valence-electron chi connectivity index (χ2n) is 8.05. The number of nitrogens with zero attached hydrogens (tertiary/aromatic N) is 3. The van der Waals surface area contributed by atoms with E-state index in [4.69, 9.17) is 0 Å². The van der Waals surface area contributed by atoms with Crippen molar-refractivity contribution in [3.8, 4) is 0 Å². The van der Waals surface area contributed by atoms with E-state index in [1.54, 1.807) is 0 Å². The molecule has 1 aromatic rings. The smallest absolute Gasteiger partial charge is 0.228 e. The third-order valence-corrected chi connectivity index (χ3v) is 8.25. The first-order valence-electron chi connectivity index (χ1n) is 9.50. The van der Waals surface area contributed by atoms with E-state index in [9.17, 15) is 13.2 Å². The number of piperidine rings is 1. The van der Waals surface area contributed by atoms with Gasteiger partial charge in [-0.05, 0) is 31.6 Å². The number of likely N-dealkylation sites (tertiary alicyclic amines) is 1. The van der Waals surface area contributed by atoms with Crippen molar-refractivity contribution in [1.82, 2.24) is 14.3 Å². The molecule has 1 aromatic heterocycles. The van der Waals surface area contributed by atoms with Crippen LogP contribution in [-0.2, 0) is 14.6 Å². The number of hydrogen-bond donors (Lipinski definition) is 1. The van der Waals surface area contributed by atoms with E-state index < -0.39 is 21.8 Å². The molecule has 2 saturated heterocycles. The van der Waals surface area contributed by atoms with Crippen LogP contribution in [0.15, 0.2) is 0 Å². The standard InChI is InChI=1S/C17H26N4O3S2/c1-11-4-3-7-21(8-11)16(22)13-9-26(23,24)10-14(13)18-17-19-15(20-25-17)12-5-2-6-12/h11-14H,2-10H2,1H3,(H,18,19,20)/t11?,13-,14-/m1/s1. The summed E-state index contributed by atoms with van der Waals surface area (Å²) < 4.78 is 28.8. The van der Waals surface area contributed by atoms with Crippen molar-refractivity contribution in [3.05, 3.63) is 5.82 Å². The lowest BCUT2D eigenvalue weighted by Gasteiger charge is -2.33. The minimum absolute atomic E-state index is 0.00879. The van der Waals surface area contributed by atoms with Crippen LogP contribution < -0.4 is 5.32 Å². The summed E-state index contributed by atoms with van der Waals surface area (Å²) in [4.78, 5) is 19.4. The molecule has 0 radical (unpaired) electrons. The Kier molecular flexibility index (Phi) is 4.94. The van der Waals surface area contributed by atoms with Gasteiger partial charge in [0.1, 0.15) is 5.82 Å². The Labute approximate surface area is 158 Å². The molecule has 3 fully saturated rings. The summed E-state index contributed by atoms with van der Waals surface area (Å²) >= 11 is 1.27. The molecule has 2 aliphatic heterocycles. The van der Waals surface area contributed by atoms with Gasteiger partial charge in [-0.1, -0.05) is 13.3 Å². The first kappa shape index (κ1) is 18.2. The van der Waals surface area contributed by atoms with Crippen molar-refractivity contribution in [2.45, 2.75) is 51.0 Å². The van der Waals surface area contributed by atoms with Crippen LogP contribution in [0.3, 0.4) is 0 Å². The Morgan fingerprint density at radius 2 is 2.04 bits per heavy atom. The van der Waals surface area contributed by atoms with Gasteiger partial charge in [0.15, 0.2) is 9.84 Å². The Morgan fingerprint density at radius 3 is 2.73 bits per heavy atom. The van der Waals surface area contributed by atoms with Crippen LogP contribution in [0.1, 0.15) is 50.8 Å². The van der Waals surface area contributed by atoms with Gasteiger partial charge in [0.25, 0.3) is 0 Å². The number of aromatic nitrogens is 2. The maximum atomic E-state index is 13.0. The molecule has 0 bridgehead atoms. The lowest BCUT2D eigenvalue weighted by atomic mass is 9.85. The van der Waals surface area contributed by atoms with Gasteiger partial charge in [-0.15, -0.1) is 0 Å². The number of nitrogens with one attached hydrogen (secondary N) is 1. The average Bonchev–Trinajstić information content (AvgIpc) is 3.09. The Morgan fingerprint density at radius 1 is 1.23 bits per heavy atom. The van der Waals surface area contributed by atoms with E-state index in [1.807, 2.05) is 4.90 Å². The van der Waals surface area contributed by atoms with Gasteiger partial charge in [-0.3, -0.25) is 4.79 Å². The summed E-state index contributed by atoms with van der Waals surface area (Å²) in [6.07, 6.45) is 5.59. The number of carbonyl (C=O) groups excluding carboxylic acids is 1. The van der Waals surface area contributed by atoms with E-state index in [1.165, 1.54) is 18.0 Å². The van der Waals surface area contributed by atoms with Gasteiger partial charge < -0.3 is 10.2 Å². The minimum atomic E-state index is -3.22. The van der Waals surface area contributed by atoms with Crippen LogP contribution in [0.4, 0.5) is 5.13 Å². The molecule has 1 saturated carbocycles. The first-order valence-corrected chi connectivity index (χ1v) is 12.1. The van der Waals surface area contributed by atoms with Crippen LogP contribution in [-0.4, -0.2) is 59.2 Å². The van der Waals surface area contributed by atoms with E-state index >= 15 is 0 Å². The molecule has 9 heteroatoms. The number of anilines is 1. The van der Waals surface area contributed by atoms with Crippen molar-refractivity contribution in [1.29, 1.82) is 0 Å². The Bertz CT molecular complexity index is 775. The lowest BCUT2D eigenvalue weighted by Crippen LogP contribution is -2.46. The maximum absolute atomic E-state index is 13.0. The zero-order chi connectivity index (χ0) is 18.3. The zero-order valence-electron chi connectivity index (χ0n) is 15.1. The summed E-state index contributed by atoms with van der Waals surface area (Å²) in [6, 6.07) is -0.410. The predicted molar refractivity (Wildman–Crippen MR) is 101 cm³/mol. The van der Waals surface area contributed by atoms with E-state index in [-0.39, 0.29) is 17.4 Å². The highest BCUT2D eigenvalue weighted by Crippen LogP contribution is 2.36. The summed E-state index contributed by atoms with van der Waals surface area (Å²) in [6.45, 7) is 3.60. The molecule has 0 aromatic carbocycles. The molecule has 1 amide bonds. The third kappa shape index (κ3) is 3.74. The molecule has 4 rings (SSSR count). The zero-order valence-corrected chi connectivity index (χ0v) is 16.7. The summed E-state index contributed by atoms with van der Waals surface area (Å²) in [5.41, 5.74) is 0. The second-order valence-corrected chi connectivity index (χ2v) is 11.0. The van der Waals surface area contributed by atoms with E-state index in [2.05, 4.69) is 21.6 Å². The van der Waals surface area contributed by atoms with Crippen LogP contribution in [0, 0.1) is 11.8 Å². The number of hydrogen-bond acceptors (Lipinski definition) is 7. The van der Waals surface area contributed by atoms with Crippen molar-refractivity contribution < 1.29 is 13.2 Å². The van der Waals surface area contributed by atoms with Crippen LogP contribution >= 0.6 is 11.5 Å². The van der Waals surface area contributed by atoms with E-state index in [0.717, 1.165) is 44.6 Å². The lowest BCUT2D eigenvalue weighted by molar-refractivity contribution is -0.136. The van der Waals surface area contributed by atoms with Gasteiger partial charge in [0.05, 0.1) is 23.5 Å². The van der Waals surface area contributed by atoms with Crippen LogP contribution in [0.5, 0.6) is 0 Å². The fraction of sp³-hybridized carbons (Fsp3) is 0.824. The molecule has 0 spiro atoms. The molecule has 3 aliphatic rings. The quantitative estimate of drug-likeness (QED) is 0.833. The maximum Gasteiger partial charge on any atom is 0.228 e.